The number of hydrogen-bond acceptors (Lipinski definition) is 3. The van der Waals surface area contributed by atoms with E-state index in [0.717, 1.165) is 49.8 Å². The molecular formula is C16H25NO2. The number of hydrogen-bond donors (Lipinski definition) is 3. The van der Waals surface area contributed by atoms with Crippen molar-refractivity contribution in [3.63, 3.8) is 0 Å². The monoisotopic (exact) mass is 263 g/mol. The lowest BCUT2D eigenvalue weighted by atomic mass is 10.0. The number of benzene rings is 1. The number of rotatable bonds is 6. The molecule has 3 heteroatoms. The average Bonchev–Trinajstić information content (AvgIpc) is 2.85. The molecule has 1 saturated carbocycles. The average molecular weight is 263 g/mol. The van der Waals surface area contributed by atoms with Crippen molar-refractivity contribution >= 4 is 5.69 Å². The van der Waals surface area contributed by atoms with Gasteiger partial charge in [-0.2, -0.15) is 0 Å². The van der Waals surface area contributed by atoms with Crippen LogP contribution in [0.25, 0.3) is 0 Å². The molecule has 0 radical (unpaired) electrons. The molecule has 0 amide bonds. The highest BCUT2D eigenvalue weighted by atomic mass is 16.3. The summed E-state index contributed by atoms with van der Waals surface area (Å²) in [4.78, 5) is 0. The molecule has 1 aliphatic carbocycles. The zero-order valence-electron chi connectivity index (χ0n) is 11.7. The normalized spacial score (nSPS) is 19.3. The van der Waals surface area contributed by atoms with E-state index in [1.165, 1.54) is 0 Å². The number of aliphatic hydroxyl groups is 2. The summed E-state index contributed by atoms with van der Waals surface area (Å²) in [7, 11) is 0. The van der Waals surface area contributed by atoms with Crippen LogP contribution in [-0.4, -0.2) is 22.4 Å². The van der Waals surface area contributed by atoms with E-state index in [4.69, 9.17) is 0 Å². The van der Waals surface area contributed by atoms with Crippen molar-refractivity contribution < 1.29 is 10.2 Å². The maximum Gasteiger partial charge on any atom is 0.0819 e. The minimum absolute atomic E-state index is 0.388. The van der Waals surface area contributed by atoms with E-state index in [2.05, 4.69) is 12.2 Å². The van der Waals surface area contributed by atoms with E-state index < -0.39 is 5.60 Å². The lowest BCUT2D eigenvalue weighted by Gasteiger charge is -2.23. The van der Waals surface area contributed by atoms with Gasteiger partial charge in [-0.3, -0.25) is 0 Å². The summed E-state index contributed by atoms with van der Waals surface area (Å²) in [6.07, 6.45) is 5.38. The number of anilines is 1. The van der Waals surface area contributed by atoms with E-state index in [-0.39, 0.29) is 6.10 Å². The summed E-state index contributed by atoms with van der Waals surface area (Å²) in [6.45, 7) is 2.67. The van der Waals surface area contributed by atoms with Gasteiger partial charge in [0.2, 0.25) is 0 Å². The van der Waals surface area contributed by atoms with Gasteiger partial charge in [0.25, 0.3) is 0 Å². The molecule has 19 heavy (non-hydrogen) atoms. The summed E-state index contributed by atoms with van der Waals surface area (Å²) in [5.74, 6) is 0. The van der Waals surface area contributed by atoms with Crippen molar-refractivity contribution in [3.8, 4) is 0 Å². The first-order valence-corrected chi connectivity index (χ1v) is 7.37. The van der Waals surface area contributed by atoms with E-state index in [9.17, 15) is 10.2 Å². The lowest BCUT2D eigenvalue weighted by molar-refractivity contribution is 0.0615. The van der Waals surface area contributed by atoms with Crippen molar-refractivity contribution in [1.82, 2.24) is 0 Å². The first-order valence-electron chi connectivity index (χ1n) is 7.37. The van der Waals surface area contributed by atoms with Crippen LogP contribution in [-0.2, 0) is 0 Å². The molecule has 1 fully saturated rings. The molecule has 1 atom stereocenters. The minimum Gasteiger partial charge on any atom is -0.388 e. The Kier molecular flexibility index (Phi) is 4.83. The molecule has 0 aliphatic heterocycles. The number of aliphatic hydroxyl groups excluding tert-OH is 1. The predicted octanol–water partition coefficient (Wildman–Crippen LogP) is 3.24. The van der Waals surface area contributed by atoms with E-state index in [1.807, 2.05) is 24.3 Å². The second-order valence-corrected chi connectivity index (χ2v) is 5.71. The molecule has 106 valence electrons. The third-order valence-electron chi connectivity index (χ3n) is 3.99. The zero-order chi connectivity index (χ0) is 13.7. The van der Waals surface area contributed by atoms with Crippen LogP contribution in [0, 0.1) is 0 Å². The van der Waals surface area contributed by atoms with Crippen LogP contribution in [0.5, 0.6) is 0 Å². The smallest absolute Gasteiger partial charge is 0.0819 e. The third-order valence-corrected chi connectivity index (χ3v) is 3.99. The molecule has 0 aromatic heterocycles. The summed E-state index contributed by atoms with van der Waals surface area (Å²) in [5, 5.41) is 23.6. The van der Waals surface area contributed by atoms with Crippen molar-refractivity contribution in [2.45, 2.75) is 57.2 Å². The Hall–Kier alpha value is -1.06. The van der Waals surface area contributed by atoms with E-state index in [0.29, 0.717) is 6.54 Å². The fraction of sp³-hybridized carbons (Fsp3) is 0.625. The highest BCUT2D eigenvalue weighted by Gasteiger charge is 2.30. The van der Waals surface area contributed by atoms with Crippen LogP contribution in [0.2, 0.25) is 0 Å². The van der Waals surface area contributed by atoms with Gasteiger partial charge < -0.3 is 15.5 Å². The molecule has 0 heterocycles. The molecule has 0 saturated heterocycles. The predicted molar refractivity (Wildman–Crippen MR) is 78.2 cm³/mol. The fourth-order valence-electron chi connectivity index (χ4n) is 2.77. The molecule has 1 aromatic carbocycles. The quantitative estimate of drug-likeness (QED) is 0.738. The lowest BCUT2D eigenvalue weighted by Crippen LogP contribution is -2.33. The van der Waals surface area contributed by atoms with Crippen LogP contribution >= 0.6 is 0 Å². The topological polar surface area (TPSA) is 52.5 Å². The van der Waals surface area contributed by atoms with Gasteiger partial charge in [-0.15, -0.1) is 0 Å². The molecule has 2 rings (SSSR count). The van der Waals surface area contributed by atoms with Gasteiger partial charge in [0, 0.05) is 12.2 Å². The van der Waals surface area contributed by atoms with Gasteiger partial charge in [0.05, 0.1) is 11.7 Å². The first-order chi connectivity index (χ1) is 9.13. The largest absolute Gasteiger partial charge is 0.388 e. The molecular weight excluding hydrogens is 238 g/mol. The van der Waals surface area contributed by atoms with Crippen molar-refractivity contribution in [3.05, 3.63) is 29.8 Å². The molecule has 3 N–H and O–H groups in total. The van der Waals surface area contributed by atoms with Crippen LogP contribution < -0.4 is 5.32 Å². The minimum atomic E-state index is -0.544. The third kappa shape index (κ3) is 3.95. The standard InChI is InChI=1S/C16H25NO2/c1-2-6-15(18)13-7-5-8-14(11-13)17-12-16(19)9-3-4-10-16/h5,7-8,11,15,17-19H,2-4,6,9-10,12H2,1H3. The van der Waals surface area contributed by atoms with Crippen LogP contribution in [0.4, 0.5) is 5.69 Å². The molecule has 1 aromatic rings. The van der Waals surface area contributed by atoms with Gasteiger partial charge in [-0.25, -0.2) is 0 Å². The van der Waals surface area contributed by atoms with Gasteiger partial charge in [0.15, 0.2) is 0 Å². The molecule has 1 aliphatic rings. The van der Waals surface area contributed by atoms with E-state index >= 15 is 0 Å². The maximum atomic E-state index is 10.3. The van der Waals surface area contributed by atoms with Crippen molar-refractivity contribution in [2.75, 3.05) is 11.9 Å². The molecule has 0 spiro atoms. The van der Waals surface area contributed by atoms with Crippen LogP contribution in [0.1, 0.15) is 57.1 Å². The van der Waals surface area contributed by atoms with E-state index in [1.54, 1.807) is 0 Å². The van der Waals surface area contributed by atoms with Crippen molar-refractivity contribution in [1.29, 1.82) is 0 Å². The summed E-state index contributed by atoms with van der Waals surface area (Å²) in [5.41, 5.74) is 1.39. The van der Waals surface area contributed by atoms with Crippen LogP contribution in [0.15, 0.2) is 24.3 Å². The molecule has 1 unspecified atom stereocenters. The zero-order valence-corrected chi connectivity index (χ0v) is 11.7. The highest BCUT2D eigenvalue weighted by molar-refractivity contribution is 5.46. The Balaban J connectivity index is 1.95. The first kappa shape index (κ1) is 14.4. The van der Waals surface area contributed by atoms with Gasteiger partial charge in [-0.05, 0) is 37.0 Å². The second kappa shape index (κ2) is 6.40. The molecule has 0 bridgehead atoms. The maximum absolute atomic E-state index is 10.3. The summed E-state index contributed by atoms with van der Waals surface area (Å²) in [6, 6.07) is 7.88. The Morgan fingerprint density at radius 1 is 1.32 bits per heavy atom. The number of nitrogens with one attached hydrogen (secondary N) is 1. The molecule has 3 nitrogen and oxygen atoms in total. The Morgan fingerprint density at radius 3 is 2.74 bits per heavy atom. The second-order valence-electron chi connectivity index (χ2n) is 5.71. The van der Waals surface area contributed by atoms with Gasteiger partial charge in [-0.1, -0.05) is 38.3 Å². The van der Waals surface area contributed by atoms with Gasteiger partial charge >= 0.3 is 0 Å². The SMILES string of the molecule is CCCC(O)c1cccc(NCC2(O)CCCC2)c1. The Bertz CT molecular complexity index is 399. The Morgan fingerprint density at radius 2 is 2.05 bits per heavy atom. The highest BCUT2D eigenvalue weighted by Crippen LogP contribution is 2.30. The summed E-state index contributed by atoms with van der Waals surface area (Å²) >= 11 is 0. The fourth-order valence-corrected chi connectivity index (χ4v) is 2.77. The van der Waals surface area contributed by atoms with Crippen molar-refractivity contribution in [2.24, 2.45) is 0 Å². The van der Waals surface area contributed by atoms with Crippen LogP contribution in [0.3, 0.4) is 0 Å². The Labute approximate surface area is 115 Å². The van der Waals surface area contributed by atoms with Gasteiger partial charge in [0.1, 0.15) is 0 Å². The summed E-state index contributed by atoms with van der Waals surface area (Å²) < 4.78 is 0.